The van der Waals surface area contributed by atoms with Crippen LogP contribution in [0.15, 0.2) is 65.1 Å². The predicted octanol–water partition coefficient (Wildman–Crippen LogP) is 4.81. The lowest BCUT2D eigenvalue weighted by molar-refractivity contribution is -0.118. The van der Waals surface area contributed by atoms with Gasteiger partial charge in [-0.2, -0.15) is 0 Å². The fraction of sp³-hybridized carbons (Fsp3) is 0.192. The van der Waals surface area contributed by atoms with Crippen molar-refractivity contribution in [2.45, 2.75) is 13.8 Å². The highest BCUT2D eigenvalue weighted by Gasteiger charge is 2.14. The Balaban J connectivity index is 1.37. The topological polar surface area (TPSA) is 112 Å². The Morgan fingerprint density at radius 2 is 1.69 bits per heavy atom. The highest BCUT2D eigenvalue weighted by molar-refractivity contribution is 6.05. The van der Waals surface area contributed by atoms with Gasteiger partial charge in [-0.05, 0) is 67.6 Å². The molecule has 0 aliphatic carbocycles. The van der Waals surface area contributed by atoms with Gasteiger partial charge in [0, 0.05) is 23.9 Å². The molecule has 0 radical (unpaired) electrons. The Morgan fingerprint density at radius 3 is 2.43 bits per heavy atom. The fourth-order valence-corrected chi connectivity index (χ4v) is 3.39. The van der Waals surface area contributed by atoms with E-state index < -0.39 is 0 Å². The number of nitrogens with zero attached hydrogens (tertiary/aromatic N) is 1. The zero-order chi connectivity index (χ0) is 24.8. The van der Waals surface area contributed by atoms with E-state index >= 15 is 0 Å². The summed E-state index contributed by atoms with van der Waals surface area (Å²) in [6, 6.07) is 17.0. The second-order valence-corrected chi connectivity index (χ2v) is 7.53. The monoisotopic (exact) mass is 475 g/mol. The van der Waals surface area contributed by atoms with E-state index in [2.05, 4.69) is 15.6 Å². The first-order valence-electron chi connectivity index (χ1n) is 11.0. The number of anilines is 2. The minimum atomic E-state index is -0.337. The third-order valence-corrected chi connectivity index (χ3v) is 4.99. The van der Waals surface area contributed by atoms with Crippen LogP contribution in [0.4, 0.5) is 11.4 Å². The molecule has 1 aromatic heterocycles. The van der Waals surface area contributed by atoms with Crippen LogP contribution in [0.3, 0.4) is 0 Å². The highest BCUT2D eigenvalue weighted by Crippen LogP contribution is 2.29. The molecule has 0 unspecified atom stereocenters. The van der Waals surface area contributed by atoms with Crippen LogP contribution in [-0.4, -0.2) is 37.1 Å². The van der Waals surface area contributed by atoms with Crippen LogP contribution in [0.2, 0.25) is 0 Å². The van der Waals surface area contributed by atoms with Crippen molar-refractivity contribution < 1.29 is 28.2 Å². The van der Waals surface area contributed by atoms with Gasteiger partial charge < -0.3 is 29.3 Å². The second kappa shape index (κ2) is 10.6. The summed E-state index contributed by atoms with van der Waals surface area (Å²) in [5, 5.41) is 5.58. The van der Waals surface area contributed by atoms with Gasteiger partial charge in [0.2, 0.25) is 0 Å². The molecule has 0 saturated carbocycles. The molecule has 9 heteroatoms. The fourth-order valence-electron chi connectivity index (χ4n) is 3.39. The number of ether oxygens (including phenoxy) is 3. The third kappa shape index (κ3) is 5.89. The molecule has 2 amide bonds. The molecule has 0 spiro atoms. The van der Waals surface area contributed by atoms with Gasteiger partial charge >= 0.3 is 0 Å². The smallest absolute Gasteiger partial charge is 0.262 e. The Kier molecular flexibility index (Phi) is 7.15. The Bertz CT molecular complexity index is 1350. The van der Waals surface area contributed by atoms with E-state index in [0.29, 0.717) is 52.0 Å². The van der Waals surface area contributed by atoms with E-state index in [1.807, 2.05) is 6.92 Å². The number of rotatable bonds is 9. The number of fused-ring (bicyclic) bond motifs is 1. The van der Waals surface area contributed by atoms with Crippen LogP contribution in [0.1, 0.15) is 23.2 Å². The Labute approximate surface area is 202 Å². The van der Waals surface area contributed by atoms with Crippen molar-refractivity contribution >= 4 is 34.3 Å². The number of nitrogens with one attached hydrogen (secondary N) is 2. The van der Waals surface area contributed by atoms with Crippen molar-refractivity contribution in [2.24, 2.45) is 0 Å². The summed E-state index contributed by atoms with van der Waals surface area (Å²) in [6.45, 7) is 4.00. The van der Waals surface area contributed by atoms with Crippen LogP contribution in [0.5, 0.6) is 17.2 Å². The molecular weight excluding hydrogens is 450 g/mol. The Hall–Kier alpha value is -4.53. The maximum atomic E-state index is 12.7. The lowest BCUT2D eigenvalue weighted by Gasteiger charge is -2.13. The third-order valence-electron chi connectivity index (χ3n) is 4.99. The molecule has 0 saturated heterocycles. The number of carbonyl (C=O) groups excluding carboxylic acids is 2. The molecule has 2 N–H and O–H groups in total. The minimum Gasteiger partial charge on any atom is -0.494 e. The number of aryl methyl sites for hydroxylation is 1. The molecular formula is C26H25N3O6. The first kappa shape index (κ1) is 23.6. The van der Waals surface area contributed by atoms with E-state index in [1.165, 1.54) is 7.11 Å². The lowest BCUT2D eigenvalue weighted by atomic mass is 10.1. The molecule has 3 aromatic carbocycles. The zero-order valence-electron chi connectivity index (χ0n) is 19.6. The first-order chi connectivity index (χ1) is 16.9. The highest BCUT2D eigenvalue weighted by atomic mass is 16.5. The molecule has 1 heterocycles. The maximum absolute atomic E-state index is 12.7. The van der Waals surface area contributed by atoms with Gasteiger partial charge in [-0.3, -0.25) is 9.59 Å². The van der Waals surface area contributed by atoms with Gasteiger partial charge in [-0.1, -0.05) is 0 Å². The lowest BCUT2D eigenvalue weighted by Crippen LogP contribution is -2.20. The predicted molar refractivity (Wildman–Crippen MR) is 131 cm³/mol. The van der Waals surface area contributed by atoms with Crippen LogP contribution in [-0.2, 0) is 4.79 Å². The van der Waals surface area contributed by atoms with Crippen LogP contribution >= 0.6 is 0 Å². The number of amides is 2. The van der Waals surface area contributed by atoms with Crippen molar-refractivity contribution in [1.82, 2.24) is 4.98 Å². The van der Waals surface area contributed by atoms with E-state index in [1.54, 1.807) is 67.6 Å². The summed E-state index contributed by atoms with van der Waals surface area (Å²) >= 11 is 0. The van der Waals surface area contributed by atoms with Crippen LogP contribution in [0, 0.1) is 6.92 Å². The largest absolute Gasteiger partial charge is 0.494 e. The second-order valence-electron chi connectivity index (χ2n) is 7.53. The van der Waals surface area contributed by atoms with E-state index in [0.717, 1.165) is 5.75 Å². The summed E-state index contributed by atoms with van der Waals surface area (Å²) < 4.78 is 21.8. The summed E-state index contributed by atoms with van der Waals surface area (Å²) in [5.41, 5.74) is 2.88. The van der Waals surface area contributed by atoms with Crippen LogP contribution < -0.4 is 24.8 Å². The molecule has 35 heavy (non-hydrogen) atoms. The van der Waals surface area contributed by atoms with E-state index in [-0.39, 0.29) is 18.4 Å². The number of hydrogen-bond acceptors (Lipinski definition) is 7. The van der Waals surface area contributed by atoms with Crippen molar-refractivity contribution in [3.63, 3.8) is 0 Å². The number of hydrogen-bond donors (Lipinski definition) is 2. The average molecular weight is 476 g/mol. The molecule has 4 rings (SSSR count). The standard InChI is InChI=1S/C26H25N3O6/c1-4-33-20-9-6-18(7-10-20)28-25(30)15-34-23-11-5-17(13-24(23)32-3)26(31)29-19-8-12-22-21(14-19)27-16(2)35-22/h5-14H,4,15H2,1-3H3,(H,28,30)(H,29,31). The van der Waals surface area contributed by atoms with Gasteiger partial charge in [0.15, 0.2) is 29.6 Å². The molecule has 0 aliphatic rings. The summed E-state index contributed by atoms with van der Waals surface area (Å²) in [5.74, 6) is 1.28. The summed E-state index contributed by atoms with van der Waals surface area (Å²) in [6.07, 6.45) is 0. The SMILES string of the molecule is CCOc1ccc(NC(=O)COc2ccc(C(=O)Nc3ccc4oc(C)nc4c3)cc2OC)cc1. The van der Waals surface area contributed by atoms with Crippen molar-refractivity contribution in [2.75, 3.05) is 31.0 Å². The summed E-state index contributed by atoms with van der Waals surface area (Å²) in [4.78, 5) is 29.3. The van der Waals surface area contributed by atoms with Crippen molar-refractivity contribution in [3.05, 3.63) is 72.1 Å². The number of benzene rings is 3. The zero-order valence-corrected chi connectivity index (χ0v) is 19.6. The quantitative estimate of drug-likeness (QED) is 0.357. The van der Waals surface area contributed by atoms with Gasteiger partial charge in [-0.25, -0.2) is 4.98 Å². The number of methoxy groups -OCH3 is 1. The molecule has 9 nitrogen and oxygen atoms in total. The summed E-state index contributed by atoms with van der Waals surface area (Å²) in [7, 11) is 1.46. The van der Waals surface area contributed by atoms with Crippen molar-refractivity contribution in [1.29, 1.82) is 0 Å². The van der Waals surface area contributed by atoms with Gasteiger partial charge in [-0.15, -0.1) is 0 Å². The number of carbonyl (C=O) groups is 2. The van der Waals surface area contributed by atoms with E-state index in [9.17, 15) is 9.59 Å². The number of aromatic nitrogens is 1. The molecule has 4 aromatic rings. The Morgan fingerprint density at radius 1 is 0.914 bits per heavy atom. The molecule has 0 fully saturated rings. The normalized spacial score (nSPS) is 10.6. The first-order valence-corrected chi connectivity index (χ1v) is 11.0. The molecule has 180 valence electrons. The van der Waals surface area contributed by atoms with Gasteiger partial charge in [0.1, 0.15) is 11.3 Å². The van der Waals surface area contributed by atoms with Crippen molar-refractivity contribution in [3.8, 4) is 17.2 Å². The van der Waals surface area contributed by atoms with Crippen LogP contribution in [0.25, 0.3) is 11.1 Å². The molecule has 0 aliphatic heterocycles. The van der Waals surface area contributed by atoms with E-state index in [4.69, 9.17) is 18.6 Å². The number of oxazole rings is 1. The van der Waals surface area contributed by atoms with Gasteiger partial charge in [0.05, 0.1) is 13.7 Å². The average Bonchev–Trinajstić information content (AvgIpc) is 3.23. The maximum Gasteiger partial charge on any atom is 0.262 e. The molecule has 0 atom stereocenters. The van der Waals surface area contributed by atoms with Gasteiger partial charge in [0.25, 0.3) is 11.8 Å². The molecule has 0 bridgehead atoms. The minimum absolute atomic E-state index is 0.230.